The molecule has 0 spiro atoms. The van der Waals surface area contributed by atoms with Gasteiger partial charge < -0.3 is 14.6 Å². The van der Waals surface area contributed by atoms with Crippen molar-refractivity contribution >= 4 is 21.9 Å². The summed E-state index contributed by atoms with van der Waals surface area (Å²) in [6, 6.07) is 2.60. The van der Waals surface area contributed by atoms with Crippen LogP contribution in [-0.4, -0.2) is 30.4 Å². The molecule has 0 amide bonds. The number of carboxylic acid groups (broad SMARTS) is 1. The van der Waals surface area contributed by atoms with Crippen molar-refractivity contribution in [2.75, 3.05) is 13.2 Å². The highest BCUT2D eigenvalue weighted by Crippen LogP contribution is 2.29. The number of hydrogen-bond donors (Lipinski definition) is 1. The summed E-state index contributed by atoms with van der Waals surface area (Å²) in [6.45, 7) is 0.857. The Labute approximate surface area is 99.1 Å². The van der Waals surface area contributed by atoms with Crippen molar-refractivity contribution in [3.05, 3.63) is 28.0 Å². The zero-order valence-electron chi connectivity index (χ0n) is 8.07. The lowest BCUT2D eigenvalue weighted by Gasteiger charge is -2.27. The topological polar surface area (TPSA) is 55.8 Å². The standard InChI is InChI=1S/C10H8BrFO4/c11-8-6(10(13)14)1-2-7(9(8)12)16-5-3-15-4-5/h1-2,5H,3-4H2,(H,13,14). The maximum Gasteiger partial charge on any atom is 0.336 e. The minimum absolute atomic E-state index is 0.0326. The van der Waals surface area contributed by atoms with Gasteiger partial charge in [0.15, 0.2) is 11.6 Å². The highest BCUT2D eigenvalue weighted by Gasteiger charge is 2.23. The van der Waals surface area contributed by atoms with Crippen molar-refractivity contribution in [2.45, 2.75) is 6.10 Å². The first-order chi connectivity index (χ1) is 7.59. The van der Waals surface area contributed by atoms with Crippen LogP contribution in [0.4, 0.5) is 4.39 Å². The van der Waals surface area contributed by atoms with Gasteiger partial charge in [-0.25, -0.2) is 9.18 Å². The molecule has 0 aromatic heterocycles. The zero-order valence-corrected chi connectivity index (χ0v) is 9.66. The average Bonchev–Trinajstić information content (AvgIpc) is 2.17. The van der Waals surface area contributed by atoms with E-state index in [1.165, 1.54) is 12.1 Å². The number of benzene rings is 1. The fourth-order valence-electron chi connectivity index (χ4n) is 1.25. The Hall–Kier alpha value is -1.14. The van der Waals surface area contributed by atoms with Crippen molar-refractivity contribution in [3.8, 4) is 5.75 Å². The van der Waals surface area contributed by atoms with E-state index in [2.05, 4.69) is 15.9 Å². The molecular formula is C10H8BrFO4. The van der Waals surface area contributed by atoms with Gasteiger partial charge in [-0.1, -0.05) is 0 Å². The maximum atomic E-state index is 13.7. The summed E-state index contributed by atoms with van der Waals surface area (Å²) >= 11 is 2.89. The first kappa shape index (κ1) is 11.3. The second-order valence-electron chi connectivity index (χ2n) is 3.32. The summed E-state index contributed by atoms with van der Waals surface area (Å²) in [5, 5.41) is 8.76. The number of carboxylic acids is 1. The SMILES string of the molecule is O=C(O)c1ccc(OC2COC2)c(F)c1Br. The number of halogens is 2. The normalized spacial score (nSPS) is 15.6. The van der Waals surface area contributed by atoms with Crippen molar-refractivity contribution in [2.24, 2.45) is 0 Å². The van der Waals surface area contributed by atoms with E-state index in [0.29, 0.717) is 13.2 Å². The van der Waals surface area contributed by atoms with Gasteiger partial charge in [0.25, 0.3) is 0 Å². The molecule has 0 saturated carbocycles. The molecule has 1 aliphatic rings. The predicted octanol–water partition coefficient (Wildman–Crippen LogP) is 2.06. The van der Waals surface area contributed by atoms with Crippen LogP contribution < -0.4 is 4.74 Å². The fourth-order valence-corrected chi connectivity index (χ4v) is 1.75. The minimum Gasteiger partial charge on any atom is -0.482 e. The molecule has 1 heterocycles. The van der Waals surface area contributed by atoms with Gasteiger partial charge in [0.05, 0.1) is 23.2 Å². The van der Waals surface area contributed by atoms with E-state index >= 15 is 0 Å². The fraction of sp³-hybridized carbons (Fsp3) is 0.300. The van der Waals surface area contributed by atoms with Crippen molar-refractivity contribution < 1.29 is 23.8 Å². The van der Waals surface area contributed by atoms with Gasteiger partial charge in [-0.15, -0.1) is 0 Å². The van der Waals surface area contributed by atoms with Crippen LogP contribution in [0.15, 0.2) is 16.6 Å². The largest absolute Gasteiger partial charge is 0.482 e. The Bertz CT molecular complexity index is 431. The van der Waals surface area contributed by atoms with Crippen LogP contribution in [0.3, 0.4) is 0 Å². The molecular weight excluding hydrogens is 283 g/mol. The molecule has 0 radical (unpaired) electrons. The third-order valence-corrected chi connectivity index (χ3v) is 2.95. The quantitative estimate of drug-likeness (QED) is 0.926. The van der Waals surface area contributed by atoms with Crippen LogP contribution in [0.1, 0.15) is 10.4 Å². The van der Waals surface area contributed by atoms with E-state index in [1.807, 2.05) is 0 Å². The molecule has 0 atom stereocenters. The molecule has 0 unspecified atom stereocenters. The Kier molecular flexibility index (Phi) is 3.11. The molecule has 86 valence electrons. The molecule has 6 heteroatoms. The highest BCUT2D eigenvalue weighted by molar-refractivity contribution is 9.10. The number of hydrogen-bond acceptors (Lipinski definition) is 3. The number of rotatable bonds is 3. The van der Waals surface area contributed by atoms with Gasteiger partial charge in [-0.2, -0.15) is 0 Å². The Morgan fingerprint density at radius 2 is 2.25 bits per heavy atom. The number of ether oxygens (including phenoxy) is 2. The average molecular weight is 291 g/mol. The second kappa shape index (κ2) is 4.39. The van der Waals surface area contributed by atoms with E-state index in [9.17, 15) is 9.18 Å². The summed E-state index contributed by atoms with van der Waals surface area (Å²) in [6.07, 6.45) is -0.155. The molecule has 0 bridgehead atoms. The molecule has 4 nitrogen and oxygen atoms in total. The molecule has 1 aliphatic heterocycles. The first-order valence-electron chi connectivity index (χ1n) is 4.55. The Balaban J connectivity index is 2.26. The lowest BCUT2D eigenvalue weighted by molar-refractivity contribution is -0.0809. The third-order valence-electron chi connectivity index (χ3n) is 2.18. The summed E-state index contributed by atoms with van der Waals surface area (Å²) < 4.78 is 23.7. The van der Waals surface area contributed by atoms with Crippen molar-refractivity contribution in [1.82, 2.24) is 0 Å². The molecule has 1 aromatic carbocycles. The summed E-state index contributed by atoms with van der Waals surface area (Å²) in [4.78, 5) is 10.7. The van der Waals surface area contributed by atoms with Gasteiger partial charge >= 0.3 is 5.97 Å². The lowest BCUT2D eigenvalue weighted by Crippen LogP contribution is -2.38. The van der Waals surface area contributed by atoms with Gasteiger partial charge in [-0.05, 0) is 28.1 Å². The van der Waals surface area contributed by atoms with E-state index in [4.69, 9.17) is 14.6 Å². The Morgan fingerprint density at radius 1 is 1.56 bits per heavy atom. The smallest absolute Gasteiger partial charge is 0.336 e. The molecule has 1 saturated heterocycles. The summed E-state index contributed by atoms with van der Waals surface area (Å²) in [7, 11) is 0. The molecule has 1 N–H and O–H groups in total. The zero-order chi connectivity index (χ0) is 11.7. The lowest BCUT2D eigenvalue weighted by atomic mass is 10.2. The molecule has 1 fully saturated rings. The number of aromatic carboxylic acids is 1. The summed E-state index contributed by atoms with van der Waals surface area (Å²) in [5.74, 6) is -1.86. The first-order valence-corrected chi connectivity index (χ1v) is 5.34. The van der Waals surface area contributed by atoms with E-state index in [0.717, 1.165) is 0 Å². The second-order valence-corrected chi connectivity index (χ2v) is 4.11. The molecule has 2 rings (SSSR count). The van der Waals surface area contributed by atoms with Crippen LogP contribution in [0.25, 0.3) is 0 Å². The van der Waals surface area contributed by atoms with Crippen LogP contribution in [-0.2, 0) is 4.74 Å². The van der Waals surface area contributed by atoms with E-state index < -0.39 is 11.8 Å². The third kappa shape index (κ3) is 2.03. The number of carbonyl (C=O) groups is 1. The van der Waals surface area contributed by atoms with Crippen LogP contribution in [0.2, 0.25) is 0 Å². The van der Waals surface area contributed by atoms with Crippen molar-refractivity contribution in [1.29, 1.82) is 0 Å². The predicted molar refractivity (Wildman–Crippen MR) is 56.3 cm³/mol. The maximum absolute atomic E-state index is 13.7. The van der Waals surface area contributed by atoms with Crippen LogP contribution >= 0.6 is 15.9 Å². The van der Waals surface area contributed by atoms with Gasteiger partial charge in [0.1, 0.15) is 6.10 Å². The van der Waals surface area contributed by atoms with Crippen molar-refractivity contribution in [3.63, 3.8) is 0 Å². The highest BCUT2D eigenvalue weighted by atomic mass is 79.9. The molecule has 0 aliphatic carbocycles. The van der Waals surface area contributed by atoms with E-state index in [1.54, 1.807) is 0 Å². The van der Waals surface area contributed by atoms with Crippen LogP contribution in [0, 0.1) is 5.82 Å². The minimum atomic E-state index is -1.19. The van der Waals surface area contributed by atoms with Crippen LogP contribution in [0.5, 0.6) is 5.75 Å². The summed E-state index contributed by atoms with van der Waals surface area (Å²) in [5.41, 5.74) is -0.130. The van der Waals surface area contributed by atoms with Gasteiger partial charge in [0.2, 0.25) is 0 Å². The monoisotopic (exact) mass is 290 g/mol. The Morgan fingerprint density at radius 3 is 2.75 bits per heavy atom. The van der Waals surface area contributed by atoms with E-state index in [-0.39, 0.29) is 21.9 Å². The molecule has 1 aromatic rings. The van der Waals surface area contributed by atoms with Gasteiger partial charge in [-0.3, -0.25) is 0 Å². The molecule has 16 heavy (non-hydrogen) atoms. The van der Waals surface area contributed by atoms with Gasteiger partial charge in [0, 0.05) is 0 Å².